The van der Waals surface area contributed by atoms with Gasteiger partial charge in [0.15, 0.2) is 0 Å². The van der Waals surface area contributed by atoms with Gasteiger partial charge in [-0.2, -0.15) is 0 Å². The Labute approximate surface area is 214 Å². The number of carbonyl (C=O) groups excluding carboxylic acids is 2. The van der Waals surface area contributed by atoms with Gasteiger partial charge in [0.1, 0.15) is 23.0 Å². The molecular formula is C26H22BrN5O4. The van der Waals surface area contributed by atoms with Crippen molar-refractivity contribution < 1.29 is 19.5 Å². The van der Waals surface area contributed by atoms with E-state index in [1.54, 1.807) is 41.3 Å². The smallest absolute Gasteiger partial charge is 0.335 e. The number of fused-ring (bicyclic) bond motifs is 4. The van der Waals surface area contributed by atoms with Crippen LogP contribution in [0, 0.1) is 5.92 Å². The maximum Gasteiger partial charge on any atom is 0.335 e. The minimum absolute atomic E-state index is 0.0119. The summed E-state index contributed by atoms with van der Waals surface area (Å²) in [5.74, 6) is -0.694. The highest BCUT2D eigenvalue weighted by Crippen LogP contribution is 2.48. The van der Waals surface area contributed by atoms with Gasteiger partial charge in [0.2, 0.25) is 11.8 Å². The molecule has 2 aromatic heterocycles. The van der Waals surface area contributed by atoms with Crippen molar-refractivity contribution in [1.82, 2.24) is 14.5 Å². The van der Waals surface area contributed by atoms with E-state index in [1.807, 2.05) is 16.7 Å². The number of nitrogens with one attached hydrogen (secondary N) is 1. The fourth-order valence-electron chi connectivity index (χ4n) is 5.43. The van der Waals surface area contributed by atoms with Crippen molar-refractivity contribution in [2.24, 2.45) is 5.92 Å². The summed E-state index contributed by atoms with van der Waals surface area (Å²) in [5, 5.41) is 13.7. The van der Waals surface area contributed by atoms with E-state index < -0.39 is 12.0 Å². The number of carbonyl (C=O) groups is 3. The molecule has 6 rings (SSSR count). The van der Waals surface area contributed by atoms with Crippen LogP contribution in [0.1, 0.15) is 23.2 Å². The number of hydrogen-bond donors (Lipinski definition) is 3. The molecular weight excluding hydrogens is 526 g/mol. The number of aromatic carboxylic acids is 1. The number of carboxylic acids is 1. The highest BCUT2D eigenvalue weighted by atomic mass is 79.9. The summed E-state index contributed by atoms with van der Waals surface area (Å²) < 4.78 is 2.47. The van der Waals surface area contributed by atoms with Gasteiger partial charge in [0.25, 0.3) is 0 Å². The van der Waals surface area contributed by atoms with Crippen LogP contribution in [0.15, 0.2) is 59.2 Å². The number of benzene rings is 2. The SMILES string of the molecule is Nc1cccc2c1c1cc(C(=O)O)ccc1n2CC(=O)N1C2C[C@@H]2C[C@H]1C(=O)Nc1cccc(Br)n1. The van der Waals surface area contributed by atoms with E-state index >= 15 is 0 Å². The Hall–Kier alpha value is -3.92. The summed E-state index contributed by atoms with van der Waals surface area (Å²) in [6, 6.07) is 15.0. The Bertz CT molecular complexity index is 1580. The van der Waals surface area contributed by atoms with Crippen LogP contribution in [0.2, 0.25) is 0 Å². The average molecular weight is 548 g/mol. The van der Waals surface area contributed by atoms with E-state index in [2.05, 4.69) is 26.2 Å². The molecule has 1 saturated heterocycles. The van der Waals surface area contributed by atoms with Crippen molar-refractivity contribution in [2.45, 2.75) is 31.5 Å². The predicted molar refractivity (Wildman–Crippen MR) is 139 cm³/mol. The van der Waals surface area contributed by atoms with Gasteiger partial charge in [0, 0.05) is 28.0 Å². The van der Waals surface area contributed by atoms with Crippen molar-refractivity contribution in [3.05, 3.63) is 64.8 Å². The van der Waals surface area contributed by atoms with Crippen molar-refractivity contribution in [3.63, 3.8) is 0 Å². The fourth-order valence-corrected chi connectivity index (χ4v) is 5.78. The van der Waals surface area contributed by atoms with E-state index in [0.717, 1.165) is 11.9 Å². The Morgan fingerprint density at radius 3 is 2.67 bits per heavy atom. The zero-order valence-corrected chi connectivity index (χ0v) is 20.6. The zero-order chi connectivity index (χ0) is 25.1. The first-order valence-electron chi connectivity index (χ1n) is 11.6. The summed E-state index contributed by atoms with van der Waals surface area (Å²) in [5.41, 5.74) is 8.38. The number of nitrogen functional groups attached to an aromatic ring is 1. The minimum Gasteiger partial charge on any atom is -0.478 e. The number of rotatable bonds is 5. The van der Waals surface area contributed by atoms with Gasteiger partial charge in [-0.15, -0.1) is 0 Å². The third kappa shape index (κ3) is 3.69. The van der Waals surface area contributed by atoms with Crippen LogP contribution in [0.25, 0.3) is 21.8 Å². The van der Waals surface area contributed by atoms with Crippen molar-refractivity contribution in [2.75, 3.05) is 11.1 Å². The standard InChI is InChI=1S/C26H22BrN5O4/c27-21-5-2-6-22(29-21)30-25(34)20-11-14-10-19(14)32(20)23(33)12-31-17-8-7-13(26(35)36)9-15(17)24-16(28)3-1-4-18(24)31/h1-9,14,19-20H,10-12,28H2,(H,35,36)(H,29,30,34)/t14-,19?,20+/m1/s1. The number of nitrogens with two attached hydrogens (primary N) is 1. The number of piperidine rings is 1. The van der Waals surface area contributed by atoms with Gasteiger partial charge in [-0.1, -0.05) is 12.1 Å². The van der Waals surface area contributed by atoms with Gasteiger partial charge in [0.05, 0.1) is 11.1 Å². The number of nitrogens with zero attached hydrogens (tertiary/aromatic N) is 3. The van der Waals surface area contributed by atoms with Gasteiger partial charge in [-0.05, 0) is 77.2 Å². The van der Waals surface area contributed by atoms with Crippen molar-refractivity contribution in [3.8, 4) is 0 Å². The molecule has 1 aliphatic carbocycles. The van der Waals surface area contributed by atoms with Crippen LogP contribution in [-0.2, 0) is 16.1 Å². The maximum atomic E-state index is 13.7. The topological polar surface area (TPSA) is 131 Å². The zero-order valence-electron chi connectivity index (χ0n) is 19.0. The number of aromatic nitrogens is 2. The lowest BCUT2D eigenvalue weighted by molar-refractivity contribution is -0.138. The van der Waals surface area contributed by atoms with Gasteiger partial charge in [-0.25, -0.2) is 9.78 Å². The quantitative estimate of drug-likeness (QED) is 0.257. The number of anilines is 2. The Kier molecular flexibility index (Phi) is 5.22. The molecule has 10 heteroatoms. The van der Waals surface area contributed by atoms with E-state index in [4.69, 9.17) is 5.73 Å². The summed E-state index contributed by atoms with van der Waals surface area (Å²) in [7, 11) is 0. The molecule has 0 spiro atoms. The van der Waals surface area contributed by atoms with Crippen molar-refractivity contribution >= 4 is 67.0 Å². The molecule has 0 radical (unpaired) electrons. The highest BCUT2D eigenvalue weighted by molar-refractivity contribution is 9.10. The van der Waals surface area contributed by atoms with Gasteiger partial charge >= 0.3 is 5.97 Å². The van der Waals surface area contributed by atoms with Gasteiger partial charge in [-0.3, -0.25) is 9.59 Å². The molecule has 1 saturated carbocycles. The molecule has 182 valence electrons. The van der Waals surface area contributed by atoms with Crippen LogP contribution < -0.4 is 11.1 Å². The number of amides is 2. The van der Waals surface area contributed by atoms with Crippen LogP contribution in [0.4, 0.5) is 11.5 Å². The molecule has 3 heterocycles. The monoisotopic (exact) mass is 547 g/mol. The summed E-state index contributed by atoms with van der Waals surface area (Å²) in [4.78, 5) is 44.4. The lowest BCUT2D eigenvalue weighted by Crippen LogP contribution is -2.46. The molecule has 2 aliphatic rings. The largest absolute Gasteiger partial charge is 0.478 e. The molecule has 2 aromatic carbocycles. The lowest BCUT2D eigenvalue weighted by Gasteiger charge is -2.27. The van der Waals surface area contributed by atoms with E-state index in [1.165, 1.54) is 6.07 Å². The number of halogens is 1. The molecule has 2 fully saturated rings. The number of likely N-dealkylation sites (tertiary alicyclic amines) is 1. The lowest BCUT2D eigenvalue weighted by atomic mass is 10.1. The molecule has 4 aromatic rings. The first kappa shape index (κ1) is 22.5. The fraction of sp³-hybridized carbons (Fsp3) is 0.231. The molecule has 36 heavy (non-hydrogen) atoms. The van der Waals surface area contributed by atoms with E-state index in [0.29, 0.717) is 44.7 Å². The van der Waals surface area contributed by atoms with Crippen LogP contribution in [0.3, 0.4) is 0 Å². The Morgan fingerprint density at radius 2 is 1.89 bits per heavy atom. The molecule has 9 nitrogen and oxygen atoms in total. The first-order chi connectivity index (χ1) is 17.3. The average Bonchev–Trinajstić information content (AvgIpc) is 3.39. The molecule has 1 unspecified atom stereocenters. The molecule has 4 N–H and O–H groups in total. The Morgan fingerprint density at radius 1 is 1.08 bits per heavy atom. The summed E-state index contributed by atoms with van der Waals surface area (Å²) in [6.07, 6.45) is 1.52. The summed E-state index contributed by atoms with van der Waals surface area (Å²) >= 11 is 3.31. The second-order valence-electron chi connectivity index (χ2n) is 9.32. The number of hydrogen-bond acceptors (Lipinski definition) is 5. The second-order valence-corrected chi connectivity index (χ2v) is 10.1. The Balaban J connectivity index is 1.34. The first-order valence-corrected chi connectivity index (χ1v) is 12.4. The third-order valence-electron chi connectivity index (χ3n) is 7.12. The predicted octanol–water partition coefficient (Wildman–Crippen LogP) is 3.86. The normalized spacial score (nSPS) is 20.5. The third-order valence-corrected chi connectivity index (χ3v) is 7.57. The number of pyridine rings is 1. The molecule has 2 amide bonds. The number of carboxylic acid groups (broad SMARTS) is 1. The van der Waals surface area contributed by atoms with E-state index in [-0.39, 0.29) is 30.0 Å². The van der Waals surface area contributed by atoms with Crippen LogP contribution in [-0.4, -0.2) is 49.4 Å². The second kappa shape index (κ2) is 8.34. The molecule has 1 aliphatic heterocycles. The molecule has 3 atom stereocenters. The minimum atomic E-state index is -1.03. The van der Waals surface area contributed by atoms with Crippen LogP contribution >= 0.6 is 15.9 Å². The maximum absolute atomic E-state index is 13.7. The van der Waals surface area contributed by atoms with Gasteiger partial charge < -0.3 is 25.6 Å². The summed E-state index contributed by atoms with van der Waals surface area (Å²) in [6.45, 7) is 0.0119. The highest BCUT2D eigenvalue weighted by Gasteiger charge is 2.56. The molecule has 0 bridgehead atoms. The van der Waals surface area contributed by atoms with E-state index in [9.17, 15) is 19.5 Å². The van der Waals surface area contributed by atoms with Crippen LogP contribution in [0.5, 0.6) is 0 Å². The van der Waals surface area contributed by atoms with Crippen molar-refractivity contribution in [1.29, 1.82) is 0 Å².